The molecule has 0 aliphatic carbocycles. The first kappa shape index (κ1) is 13.7. The molecule has 2 N–H and O–H groups in total. The number of rotatable bonds is 8. The maximum Gasteiger partial charge on any atom is 0.224 e. The second-order valence-electron chi connectivity index (χ2n) is 3.91. The quantitative estimate of drug-likeness (QED) is 0.686. The molecule has 0 aliphatic heterocycles. The minimum Gasteiger partial charge on any atom is -0.367 e. The summed E-state index contributed by atoms with van der Waals surface area (Å²) in [4.78, 5) is 7.92. The number of aromatic nitrogens is 2. The van der Waals surface area contributed by atoms with Crippen molar-refractivity contribution in [2.45, 2.75) is 39.5 Å². The van der Waals surface area contributed by atoms with Crippen LogP contribution in [0.1, 0.15) is 39.5 Å². The van der Waals surface area contributed by atoms with Gasteiger partial charge in [0.1, 0.15) is 0 Å². The van der Waals surface area contributed by atoms with E-state index in [1.165, 1.54) is 19.0 Å². The van der Waals surface area contributed by atoms with E-state index in [-0.39, 0.29) is 5.82 Å². The second-order valence-corrected chi connectivity index (χ2v) is 3.91. The van der Waals surface area contributed by atoms with Crippen molar-refractivity contribution in [2.24, 2.45) is 0 Å². The Morgan fingerprint density at radius 3 is 2.71 bits per heavy atom. The molecule has 96 valence electrons. The summed E-state index contributed by atoms with van der Waals surface area (Å²) < 4.78 is 13.4. The van der Waals surface area contributed by atoms with Gasteiger partial charge in [-0.3, -0.25) is 0 Å². The van der Waals surface area contributed by atoms with Crippen molar-refractivity contribution < 1.29 is 4.39 Å². The molecule has 0 atom stereocenters. The average Bonchev–Trinajstić information content (AvgIpc) is 2.33. The molecular formula is C12H21FN4. The third-order valence-electron chi connectivity index (χ3n) is 2.40. The van der Waals surface area contributed by atoms with Gasteiger partial charge < -0.3 is 10.6 Å². The molecule has 1 aromatic heterocycles. The molecule has 0 bridgehead atoms. The van der Waals surface area contributed by atoms with Crippen LogP contribution < -0.4 is 10.6 Å². The molecule has 0 aliphatic rings. The number of hydrogen-bond acceptors (Lipinski definition) is 4. The Kier molecular flexibility index (Phi) is 6.29. The Labute approximate surface area is 102 Å². The van der Waals surface area contributed by atoms with Gasteiger partial charge in [-0.15, -0.1) is 0 Å². The van der Waals surface area contributed by atoms with Gasteiger partial charge in [-0.2, -0.15) is 4.98 Å². The first-order valence-corrected chi connectivity index (χ1v) is 6.28. The van der Waals surface area contributed by atoms with Crippen LogP contribution in [0.4, 0.5) is 16.2 Å². The lowest BCUT2D eigenvalue weighted by atomic mass is 10.2. The zero-order chi connectivity index (χ0) is 12.5. The zero-order valence-electron chi connectivity index (χ0n) is 10.6. The van der Waals surface area contributed by atoms with Crippen molar-refractivity contribution in [3.63, 3.8) is 0 Å². The van der Waals surface area contributed by atoms with Crippen LogP contribution in [-0.4, -0.2) is 23.1 Å². The van der Waals surface area contributed by atoms with E-state index in [9.17, 15) is 4.39 Å². The molecule has 0 saturated carbocycles. The van der Waals surface area contributed by atoms with E-state index in [1.807, 2.05) is 6.92 Å². The summed E-state index contributed by atoms with van der Waals surface area (Å²) in [6.07, 6.45) is 5.81. The van der Waals surface area contributed by atoms with Gasteiger partial charge in [0.05, 0.1) is 6.20 Å². The molecule has 0 amide bonds. The van der Waals surface area contributed by atoms with Crippen LogP contribution in [0.25, 0.3) is 0 Å². The van der Waals surface area contributed by atoms with Crippen molar-refractivity contribution in [3.05, 3.63) is 12.0 Å². The summed E-state index contributed by atoms with van der Waals surface area (Å²) in [7, 11) is 0. The zero-order valence-corrected chi connectivity index (χ0v) is 10.6. The van der Waals surface area contributed by atoms with E-state index >= 15 is 0 Å². The normalized spacial score (nSPS) is 10.3. The van der Waals surface area contributed by atoms with Crippen molar-refractivity contribution in [3.8, 4) is 0 Å². The Balaban J connectivity index is 2.42. The standard InChI is InChI=1S/C12H21FN4/c1-3-5-6-7-8-15-11-10(13)9-16-12(17-11)14-4-2/h9H,3-8H2,1-2H3,(H2,14,15,16,17). The SMILES string of the molecule is CCCCCCNc1nc(NCC)ncc1F. The highest BCUT2D eigenvalue weighted by molar-refractivity contribution is 5.40. The fourth-order valence-electron chi connectivity index (χ4n) is 1.49. The molecule has 0 fully saturated rings. The number of nitrogens with one attached hydrogen (secondary N) is 2. The third-order valence-corrected chi connectivity index (χ3v) is 2.40. The molecular weight excluding hydrogens is 219 g/mol. The van der Waals surface area contributed by atoms with Gasteiger partial charge in [0.2, 0.25) is 5.95 Å². The van der Waals surface area contributed by atoms with Gasteiger partial charge in [-0.25, -0.2) is 9.37 Å². The van der Waals surface area contributed by atoms with E-state index in [4.69, 9.17) is 0 Å². The Hall–Kier alpha value is -1.39. The number of halogens is 1. The smallest absolute Gasteiger partial charge is 0.224 e. The monoisotopic (exact) mass is 240 g/mol. The summed E-state index contributed by atoms with van der Waals surface area (Å²) in [5, 5.41) is 5.96. The van der Waals surface area contributed by atoms with Crippen molar-refractivity contribution >= 4 is 11.8 Å². The molecule has 4 nitrogen and oxygen atoms in total. The number of hydrogen-bond donors (Lipinski definition) is 2. The summed E-state index contributed by atoms with van der Waals surface area (Å²) in [5.74, 6) is 0.347. The summed E-state index contributed by atoms with van der Waals surface area (Å²) in [6.45, 7) is 5.59. The first-order valence-electron chi connectivity index (χ1n) is 6.28. The van der Waals surface area contributed by atoms with Crippen molar-refractivity contribution in [1.82, 2.24) is 9.97 Å². The highest BCUT2D eigenvalue weighted by atomic mass is 19.1. The molecule has 5 heteroatoms. The van der Waals surface area contributed by atoms with Crippen LogP contribution in [0.15, 0.2) is 6.20 Å². The van der Waals surface area contributed by atoms with E-state index in [0.717, 1.165) is 25.9 Å². The lowest BCUT2D eigenvalue weighted by molar-refractivity contribution is 0.614. The lowest BCUT2D eigenvalue weighted by Gasteiger charge is -2.08. The fraction of sp³-hybridized carbons (Fsp3) is 0.667. The predicted octanol–water partition coefficient (Wildman–Crippen LogP) is 3.04. The van der Waals surface area contributed by atoms with E-state index in [1.54, 1.807) is 0 Å². The summed E-state index contributed by atoms with van der Waals surface area (Å²) >= 11 is 0. The average molecular weight is 240 g/mol. The van der Waals surface area contributed by atoms with Crippen LogP contribution >= 0.6 is 0 Å². The van der Waals surface area contributed by atoms with E-state index in [0.29, 0.717) is 5.95 Å². The van der Waals surface area contributed by atoms with Crippen LogP contribution in [0.2, 0.25) is 0 Å². The van der Waals surface area contributed by atoms with Crippen LogP contribution in [0.5, 0.6) is 0 Å². The van der Waals surface area contributed by atoms with E-state index < -0.39 is 5.82 Å². The van der Waals surface area contributed by atoms with Gasteiger partial charge in [-0.05, 0) is 13.3 Å². The lowest BCUT2D eigenvalue weighted by Crippen LogP contribution is -2.09. The Morgan fingerprint density at radius 1 is 1.18 bits per heavy atom. The van der Waals surface area contributed by atoms with Crippen LogP contribution in [-0.2, 0) is 0 Å². The molecule has 17 heavy (non-hydrogen) atoms. The first-order chi connectivity index (χ1) is 8.27. The molecule has 1 rings (SSSR count). The van der Waals surface area contributed by atoms with E-state index in [2.05, 4.69) is 27.5 Å². The van der Waals surface area contributed by atoms with Gasteiger partial charge in [0.15, 0.2) is 11.6 Å². The Bertz CT molecular complexity index is 330. The molecule has 1 heterocycles. The topological polar surface area (TPSA) is 49.8 Å². The highest BCUT2D eigenvalue weighted by Crippen LogP contribution is 2.12. The number of nitrogens with zero attached hydrogens (tertiary/aromatic N) is 2. The molecule has 0 saturated heterocycles. The summed E-state index contributed by atoms with van der Waals surface area (Å²) in [5.41, 5.74) is 0. The minimum absolute atomic E-state index is 0.285. The maximum absolute atomic E-state index is 13.4. The predicted molar refractivity (Wildman–Crippen MR) is 68.8 cm³/mol. The summed E-state index contributed by atoms with van der Waals surface area (Å²) in [6, 6.07) is 0. The largest absolute Gasteiger partial charge is 0.367 e. The minimum atomic E-state index is -0.401. The molecule has 1 aromatic rings. The van der Waals surface area contributed by atoms with Crippen LogP contribution in [0, 0.1) is 5.82 Å². The maximum atomic E-state index is 13.4. The van der Waals surface area contributed by atoms with Gasteiger partial charge >= 0.3 is 0 Å². The second kappa shape index (κ2) is 7.81. The van der Waals surface area contributed by atoms with Crippen molar-refractivity contribution in [1.29, 1.82) is 0 Å². The molecule has 0 unspecified atom stereocenters. The van der Waals surface area contributed by atoms with Gasteiger partial charge in [-0.1, -0.05) is 26.2 Å². The molecule has 0 radical (unpaired) electrons. The number of unbranched alkanes of at least 4 members (excludes halogenated alkanes) is 3. The fourth-order valence-corrected chi connectivity index (χ4v) is 1.49. The molecule has 0 aromatic carbocycles. The third kappa shape index (κ3) is 4.97. The van der Waals surface area contributed by atoms with Gasteiger partial charge in [0.25, 0.3) is 0 Å². The Morgan fingerprint density at radius 2 is 2.00 bits per heavy atom. The highest BCUT2D eigenvalue weighted by Gasteiger charge is 2.05. The number of anilines is 2. The van der Waals surface area contributed by atoms with Crippen molar-refractivity contribution in [2.75, 3.05) is 23.7 Å². The van der Waals surface area contributed by atoms with Gasteiger partial charge in [0, 0.05) is 13.1 Å². The van der Waals surface area contributed by atoms with Crippen LogP contribution in [0.3, 0.4) is 0 Å². The molecule has 0 spiro atoms.